The van der Waals surface area contributed by atoms with Gasteiger partial charge in [0.25, 0.3) is 0 Å². The first-order chi connectivity index (χ1) is 13.6. The number of methoxy groups -OCH3 is 1. The summed E-state index contributed by atoms with van der Waals surface area (Å²) in [4.78, 5) is 13.6. The first-order valence-electron chi connectivity index (χ1n) is 9.52. The van der Waals surface area contributed by atoms with Gasteiger partial charge in [-0.1, -0.05) is 19.9 Å². The molecule has 0 bridgehead atoms. The number of amides is 1. The lowest BCUT2D eigenvalue weighted by Crippen LogP contribution is -2.33. The molecule has 0 aromatic heterocycles. The third-order valence-corrected chi connectivity index (χ3v) is 5.56. The van der Waals surface area contributed by atoms with Gasteiger partial charge in [0.15, 0.2) is 11.5 Å². The highest BCUT2D eigenvalue weighted by Crippen LogP contribution is 2.34. The molecule has 28 heavy (non-hydrogen) atoms. The summed E-state index contributed by atoms with van der Waals surface area (Å²) < 4.78 is 16.7. The molecule has 5 nitrogen and oxygen atoms in total. The van der Waals surface area contributed by atoms with Crippen molar-refractivity contribution in [2.24, 2.45) is 5.92 Å². The number of carbonyl (C=O) groups is 1. The molecule has 0 spiro atoms. The molecule has 0 saturated carbocycles. The van der Waals surface area contributed by atoms with E-state index in [-0.39, 0.29) is 17.9 Å². The predicted molar refractivity (Wildman–Crippen MR) is 111 cm³/mol. The third-order valence-electron chi connectivity index (χ3n) is 4.54. The van der Waals surface area contributed by atoms with Crippen LogP contribution in [-0.4, -0.2) is 32.0 Å². The lowest BCUT2D eigenvalue weighted by molar-refractivity contribution is -0.119. The van der Waals surface area contributed by atoms with Gasteiger partial charge in [-0.05, 0) is 47.9 Å². The summed E-state index contributed by atoms with van der Waals surface area (Å²) in [6.45, 7) is 5.52. The molecule has 6 heteroatoms. The minimum Gasteiger partial charge on any atom is -0.497 e. The molecule has 2 aromatic rings. The maximum absolute atomic E-state index is 12.6. The third kappa shape index (κ3) is 5.35. The van der Waals surface area contributed by atoms with Gasteiger partial charge >= 0.3 is 0 Å². The molecule has 1 aliphatic rings. The molecule has 150 valence electrons. The van der Waals surface area contributed by atoms with E-state index in [0.717, 1.165) is 34.1 Å². The fourth-order valence-electron chi connectivity index (χ4n) is 3.04. The molecule has 0 saturated heterocycles. The molecule has 1 heterocycles. The number of benzene rings is 2. The minimum atomic E-state index is -0.0823. The smallest absolute Gasteiger partial charge is 0.230 e. The molecule has 0 aliphatic carbocycles. The van der Waals surface area contributed by atoms with E-state index in [4.69, 9.17) is 14.2 Å². The van der Waals surface area contributed by atoms with Crippen molar-refractivity contribution in [3.63, 3.8) is 0 Å². The Morgan fingerprint density at radius 1 is 1.11 bits per heavy atom. The predicted octanol–water partition coefficient (Wildman–Crippen LogP) is 4.46. The van der Waals surface area contributed by atoms with E-state index in [0.29, 0.717) is 19.0 Å². The van der Waals surface area contributed by atoms with E-state index >= 15 is 0 Å². The molecule has 1 aliphatic heterocycles. The minimum absolute atomic E-state index is 0.00614. The van der Waals surface area contributed by atoms with Crippen LogP contribution in [0.5, 0.6) is 17.2 Å². The number of carbonyl (C=O) groups excluding carboxylic acids is 1. The van der Waals surface area contributed by atoms with Crippen molar-refractivity contribution in [2.75, 3.05) is 26.1 Å². The largest absolute Gasteiger partial charge is 0.497 e. The van der Waals surface area contributed by atoms with Crippen LogP contribution in [0.3, 0.4) is 0 Å². The van der Waals surface area contributed by atoms with Gasteiger partial charge in [0.05, 0.1) is 32.1 Å². The number of nitrogens with one attached hydrogen (secondary N) is 1. The normalized spacial score (nSPS) is 14.3. The van der Waals surface area contributed by atoms with Crippen molar-refractivity contribution in [3.05, 3.63) is 48.0 Å². The Hall–Kier alpha value is -2.34. The van der Waals surface area contributed by atoms with Crippen molar-refractivity contribution in [2.45, 2.75) is 31.2 Å². The Morgan fingerprint density at radius 2 is 1.82 bits per heavy atom. The number of rotatable bonds is 7. The van der Waals surface area contributed by atoms with Crippen LogP contribution in [0.4, 0.5) is 0 Å². The monoisotopic (exact) mass is 401 g/mol. The molecule has 1 atom stereocenters. The highest BCUT2D eigenvalue weighted by molar-refractivity contribution is 8.00. The molecular formula is C22H27NO4S. The van der Waals surface area contributed by atoms with Crippen LogP contribution in [-0.2, 0) is 4.79 Å². The average molecular weight is 402 g/mol. The molecule has 1 unspecified atom stereocenters. The fourth-order valence-corrected chi connectivity index (χ4v) is 3.75. The zero-order chi connectivity index (χ0) is 19.9. The quantitative estimate of drug-likeness (QED) is 0.694. The maximum Gasteiger partial charge on any atom is 0.230 e. The van der Waals surface area contributed by atoms with Crippen LogP contribution in [0.1, 0.15) is 31.9 Å². The van der Waals surface area contributed by atoms with E-state index < -0.39 is 0 Å². The molecule has 0 fully saturated rings. The highest BCUT2D eigenvalue weighted by Gasteiger charge is 2.21. The van der Waals surface area contributed by atoms with Crippen molar-refractivity contribution in [3.8, 4) is 17.2 Å². The van der Waals surface area contributed by atoms with E-state index in [2.05, 4.69) is 19.2 Å². The second kappa shape index (κ2) is 9.73. The van der Waals surface area contributed by atoms with Crippen LogP contribution in [0.15, 0.2) is 47.4 Å². The van der Waals surface area contributed by atoms with Gasteiger partial charge in [-0.3, -0.25) is 4.79 Å². The zero-order valence-electron chi connectivity index (χ0n) is 16.6. The van der Waals surface area contributed by atoms with Crippen molar-refractivity contribution in [1.29, 1.82) is 0 Å². The van der Waals surface area contributed by atoms with Gasteiger partial charge in [0, 0.05) is 11.3 Å². The highest BCUT2D eigenvalue weighted by atomic mass is 32.2. The van der Waals surface area contributed by atoms with Crippen LogP contribution in [0.2, 0.25) is 0 Å². The van der Waals surface area contributed by atoms with Crippen LogP contribution >= 0.6 is 11.8 Å². The van der Waals surface area contributed by atoms with Crippen molar-refractivity contribution in [1.82, 2.24) is 5.32 Å². The average Bonchev–Trinajstić information content (AvgIpc) is 2.95. The molecule has 1 N–H and O–H groups in total. The Balaban J connectivity index is 1.63. The number of fused-ring (bicyclic) bond motifs is 1. The first-order valence-corrected chi connectivity index (χ1v) is 10.5. The Bertz CT molecular complexity index is 792. The molecule has 2 aromatic carbocycles. The van der Waals surface area contributed by atoms with Crippen molar-refractivity contribution >= 4 is 17.7 Å². The van der Waals surface area contributed by atoms with Gasteiger partial charge in [0.2, 0.25) is 5.91 Å². The summed E-state index contributed by atoms with van der Waals surface area (Å²) in [6.07, 6.45) is 0.872. The second-order valence-electron chi connectivity index (χ2n) is 7.01. The summed E-state index contributed by atoms with van der Waals surface area (Å²) in [6, 6.07) is 13.6. The van der Waals surface area contributed by atoms with Crippen molar-refractivity contribution < 1.29 is 19.0 Å². The van der Waals surface area contributed by atoms with Gasteiger partial charge < -0.3 is 19.5 Å². The van der Waals surface area contributed by atoms with Crippen LogP contribution in [0.25, 0.3) is 0 Å². The summed E-state index contributed by atoms with van der Waals surface area (Å²) in [5.41, 5.74) is 1.03. The SMILES string of the molecule is COc1ccc(SCC(=O)NC(c2ccc3c(c2)OCCCO3)C(C)C)cc1. The van der Waals surface area contributed by atoms with Gasteiger partial charge in [0.1, 0.15) is 5.75 Å². The summed E-state index contributed by atoms with van der Waals surface area (Å²) in [5.74, 6) is 2.95. The zero-order valence-corrected chi connectivity index (χ0v) is 17.4. The maximum atomic E-state index is 12.6. The van der Waals surface area contributed by atoms with E-state index in [1.165, 1.54) is 11.8 Å². The van der Waals surface area contributed by atoms with Crippen LogP contribution < -0.4 is 19.5 Å². The summed E-state index contributed by atoms with van der Waals surface area (Å²) in [5, 5.41) is 3.17. The summed E-state index contributed by atoms with van der Waals surface area (Å²) in [7, 11) is 1.64. The number of hydrogen-bond donors (Lipinski definition) is 1. The molecule has 1 amide bonds. The molecular weight excluding hydrogens is 374 g/mol. The Kier molecular flexibility index (Phi) is 7.09. The van der Waals surface area contributed by atoms with Gasteiger partial charge in [-0.15, -0.1) is 11.8 Å². The Morgan fingerprint density at radius 3 is 2.50 bits per heavy atom. The Labute approximate surface area is 170 Å². The molecule has 0 radical (unpaired) electrons. The fraction of sp³-hybridized carbons (Fsp3) is 0.409. The van der Waals surface area contributed by atoms with E-state index in [9.17, 15) is 4.79 Å². The number of ether oxygens (including phenoxy) is 3. The lowest BCUT2D eigenvalue weighted by Gasteiger charge is -2.24. The van der Waals surface area contributed by atoms with Gasteiger partial charge in [-0.2, -0.15) is 0 Å². The topological polar surface area (TPSA) is 56.8 Å². The summed E-state index contributed by atoms with van der Waals surface area (Å²) >= 11 is 1.51. The van der Waals surface area contributed by atoms with E-state index in [1.807, 2.05) is 42.5 Å². The van der Waals surface area contributed by atoms with Crippen LogP contribution in [0, 0.1) is 5.92 Å². The lowest BCUT2D eigenvalue weighted by atomic mass is 9.95. The first kappa shape index (κ1) is 20.4. The number of thioether (sulfide) groups is 1. The molecule has 3 rings (SSSR count). The van der Waals surface area contributed by atoms with Gasteiger partial charge in [-0.25, -0.2) is 0 Å². The van der Waals surface area contributed by atoms with E-state index in [1.54, 1.807) is 7.11 Å². The standard InChI is InChI=1S/C22H27NO4S/c1-15(2)22(16-5-10-19-20(13-16)27-12-4-11-26-19)23-21(24)14-28-18-8-6-17(25-3)7-9-18/h5-10,13,15,22H,4,11-12,14H2,1-3H3,(H,23,24). The second-order valence-corrected chi connectivity index (χ2v) is 8.06. The number of hydrogen-bond acceptors (Lipinski definition) is 5.